The van der Waals surface area contributed by atoms with Crippen LogP contribution in [0.25, 0.3) is 10.9 Å². The highest BCUT2D eigenvalue weighted by atomic mass is 16.5. The van der Waals surface area contributed by atoms with Gasteiger partial charge in [-0.1, -0.05) is 35.9 Å². The van der Waals surface area contributed by atoms with E-state index in [0.29, 0.717) is 6.42 Å². The highest BCUT2D eigenvalue weighted by Gasteiger charge is 2.70. The Balaban J connectivity index is 1.49. The molecule has 2 unspecified atom stereocenters. The Hall–Kier alpha value is -3.49. The fourth-order valence-corrected chi connectivity index (χ4v) is 6.43. The number of aromatic nitrogens is 1. The van der Waals surface area contributed by atoms with Crippen LogP contribution in [0, 0.1) is 25.7 Å². The summed E-state index contributed by atoms with van der Waals surface area (Å²) in [5.74, 6) is -2.28. The Bertz CT molecular complexity index is 1400. The van der Waals surface area contributed by atoms with Gasteiger partial charge in [0.15, 0.2) is 0 Å². The number of para-hydroxylation sites is 1. The van der Waals surface area contributed by atoms with Crippen LogP contribution in [-0.2, 0) is 31.1 Å². The SMILES string of the molecule is COCCN1C(=O)[C@@H]2C(Cc3c[nH]c4ccccc34)NC3(C(=O)Nc4c(C)cc(C)cc43)[C@@H]2C1=O. The molecule has 3 aliphatic rings. The molecular formula is C27H28N4O4. The van der Waals surface area contributed by atoms with Crippen LogP contribution in [0.1, 0.15) is 22.3 Å². The lowest BCUT2D eigenvalue weighted by atomic mass is 9.75. The van der Waals surface area contributed by atoms with Crippen LogP contribution < -0.4 is 10.6 Å². The molecule has 2 aromatic carbocycles. The molecule has 6 rings (SSSR count). The summed E-state index contributed by atoms with van der Waals surface area (Å²) in [7, 11) is 1.54. The molecular weight excluding hydrogens is 444 g/mol. The molecule has 4 atom stereocenters. The quantitative estimate of drug-likeness (QED) is 0.495. The van der Waals surface area contributed by atoms with E-state index in [1.807, 2.05) is 56.4 Å². The zero-order valence-electron chi connectivity index (χ0n) is 20.0. The third kappa shape index (κ3) is 2.96. The summed E-state index contributed by atoms with van der Waals surface area (Å²) in [4.78, 5) is 45.7. The van der Waals surface area contributed by atoms with Crippen LogP contribution in [0.4, 0.5) is 5.69 Å². The minimum Gasteiger partial charge on any atom is -0.383 e. The number of hydrogen-bond donors (Lipinski definition) is 3. The van der Waals surface area contributed by atoms with Crippen molar-refractivity contribution in [3.63, 3.8) is 0 Å². The van der Waals surface area contributed by atoms with Crippen molar-refractivity contribution in [3.8, 4) is 0 Å². The van der Waals surface area contributed by atoms with Gasteiger partial charge in [0.25, 0.3) is 0 Å². The van der Waals surface area contributed by atoms with Gasteiger partial charge in [-0.05, 0) is 37.5 Å². The summed E-state index contributed by atoms with van der Waals surface area (Å²) in [6.45, 7) is 4.36. The number of aryl methyl sites for hydroxylation is 2. The molecule has 1 spiro atoms. The Labute approximate surface area is 203 Å². The van der Waals surface area contributed by atoms with Crippen LogP contribution in [0.15, 0.2) is 42.6 Å². The zero-order valence-corrected chi connectivity index (χ0v) is 20.0. The minimum atomic E-state index is -1.29. The number of nitrogens with zero attached hydrogens (tertiary/aromatic N) is 1. The van der Waals surface area contributed by atoms with Gasteiger partial charge in [-0.15, -0.1) is 0 Å². The van der Waals surface area contributed by atoms with Crippen molar-refractivity contribution in [2.45, 2.75) is 31.8 Å². The van der Waals surface area contributed by atoms with Crippen molar-refractivity contribution in [1.82, 2.24) is 15.2 Å². The highest BCUT2D eigenvalue weighted by Crippen LogP contribution is 2.54. The van der Waals surface area contributed by atoms with E-state index in [9.17, 15) is 14.4 Å². The number of nitrogens with one attached hydrogen (secondary N) is 3. The van der Waals surface area contributed by atoms with E-state index in [1.54, 1.807) is 7.11 Å². The van der Waals surface area contributed by atoms with E-state index in [0.717, 1.165) is 38.8 Å². The number of ether oxygens (including phenoxy) is 1. The number of fused-ring (bicyclic) bond motifs is 5. The molecule has 4 heterocycles. The van der Waals surface area contributed by atoms with Gasteiger partial charge < -0.3 is 15.0 Å². The number of benzene rings is 2. The third-order valence-corrected chi connectivity index (χ3v) is 7.89. The summed E-state index contributed by atoms with van der Waals surface area (Å²) < 4.78 is 5.16. The van der Waals surface area contributed by atoms with Gasteiger partial charge in [0, 0.05) is 41.5 Å². The maximum absolute atomic E-state index is 13.8. The first-order valence-corrected chi connectivity index (χ1v) is 12.0. The summed E-state index contributed by atoms with van der Waals surface area (Å²) in [5.41, 5.74) is 4.20. The number of hydrogen-bond acceptors (Lipinski definition) is 5. The molecule has 35 heavy (non-hydrogen) atoms. The van der Waals surface area contributed by atoms with E-state index in [2.05, 4.69) is 15.6 Å². The Morgan fingerprint density at radius 3 is 2.69 bits per heavy atom. The van der Waals surface area contributed by atoms with Gasteiger partial charge in [0.1, 0.15) is 5.54 Å². The van der Waals surface area contributed by atoms with Crippen molar-refractivity contribution in [3.05, 3.63) is 64.8 Å². The fraction of sp³-hybridized carbons (Fsp3) is 0.370. The average Bonchev–Trinajstić information content (AvgIpc) is 3.53. The van der Waals surface area contributed by atoms with Crippen LogP contribution in [-0.4, -0.2) is 53.9 Å². The van der Waals surface area contributed by atoms with E-state index in [-0.39, 0.29) is 36.9 Å². The first kappa shape index (κ1) is 22.0. The summed E-state index contributed by atoms with van der Waals surface area (Å²) in [5, 5.41) is 7.64. The molecule has 0 radical (unpaired) electrons. The monoisotopic (exact) mass is 472 g/mol. The van der Waals surface area contributed by atoms with Crippen LogP contribution in [0.5, 0.6) is 0 Å². The molecule has 2 saturated heterocycles. The minimum absolute atomic E-state index is 0.179. The predicted octanol–water partition coefficient (Wildman–Crippen LogP) is 2.39. The van der Waals surface area contributed by atoms with Gasteiger partial charge >= 0.3 is 0 Å². The molecule has 3 amide bonds. The molecule has 8 nitrogen and oxygen atoms in total. The molecule has 0 aliphatic carbocycles. The Morgan fingerprint density at radius 1 is 1.09 bits per heavy atom. The molecule has 180 valence electrons. The normalized spacial score (nSPS) is 27.2. The summed E-state index contributed by atoms with van der Waals surface area (Å²) in [6, 6.07) is 11.6. The van der Waals surface area contributed by atoms with Crippen molar-refractivity contribution < 1.29 is 19.1 Å². The lowest BCUT2D eigenvalue weighted by molar-refractivity contribution is -0.143. The van der Waals surface area contributed by atoms with Crippen LogP contribution >= 0.6 is 0 Å². The van der Waals surface area contributed by atoms with E-state index in [1.165, 1.54) is 4.90 Å². The molecule has 3 N–H and O–H groups in total. The molecule has 0 bridgehead atoms. The lowest BCUT2D eigenvalue weighted by Gasteiger charge is -2.29. The molecule has 3 aliphatic heterocycles. The highest BCUT2D eigenvalue weighted by molar-refractivity contribution is 6.15. The number of carbonyl (C=O) groups excluding carboxylic acids is 3. The van der Waals surface area contributed by atoms with Gasteiger partial charge in [-0.25, -0.2) is 0 Å². The van der Waals surface area contributed by atoms with Gasteiger partial charge in [-0.3, -0.25) is 24.6 Å². The van der Waals surface area contributed by atoms with E-state index in [4.69, 9.17) is 4.74 Å². The fourth-order valence-electron chi connectivity index (χ4n) is 6.43. The van der Waals surface area contributed by atoms with E-state index < -0.39 is 17.4 Å². The second-order valence-corrected chi connectivity index (χ2v) is 9.91. The number of carbonyl (C=O) groups is 3. The number of aromatic amines is 1. The molecule has 0 saturated carbocycles. The van der Waals surface area contributed by atoms with Crippen molar-refractivity contribution in [1.29, 1.82) is 0 Å². The Kier molecular flexibility index (Phi) is 4.88. The van der Waals surface area contributed by atoms with Gasteiger partial charge in [0.2, 0.25) is 17.7 Å². The number of rotatable bonds is 5. The first-order chi connectivity index (χ1) is 16.9. The zero-order chi connectivity index (χ0) is 24.5. The number of anilines is 1. The van der Waals surface area contributed by atoms with Crippen LogP contribution in [0.2, 0.25) is 0 Å². The second kappa shape index (κ2) is 7.76. The third-order valence-electron chi connectivity index (χ3n) is 7.89. The lowest BCUT2D eigenvalue weighted by Crippen LogP contribution is -2.53. The number of methoxy groups -OCH3 is 1. The topological polar surface area (TPSA) is 104 Å². The number of likely N-dealkylation sites (tertiary alicyclic amines) is 1. The van der Waals surface area contributed by atoms with Gasteiger partial charge in [-0.2, -0.15) is 0 Å². The second-order valence-electron chi connectivity index (χ2n) is 9.91. The molecule has 3 aromatic rings. The van der Waals surface area contributed by atoms with Crippen molar-refractivity contribution >= 4 is 34.3 Å². The predicted molar refractivity (Wildman–Crippen MR) is 131 cm³/mol. The van der Waals surface area contributed by atoms with Crippen LogP contribution in [0.3, 0.4) is 0 Å². The number of H-pyrrole nitrogens is 1. The largest absolute Gasteiger partial charge is 0.383 e. The van der Waals surface area contributed by atoms with Crippen molar-refractivity contribution in [2.24, 2.45) is 11.8 Å². The Morgan fingerprint density at radius 2 is 1.89 bits per heavy atom. The average molecular weight is 473 g/mol. The summed E-state index contributed by atoms with van der Waals surface area (Å²) >= 11 is 0. The standard InChI is InChI=1S/C27H28N4O4/c1-14-10-15(2)23-18(11-14)27(26(34)29-23)22-21(24(32)31(25(22)33)8-9-35-3)20(30-27)12-16-13-28-19-7-5-4-6-17(16)19/h4-7,10-11,13,20-22,28,30H,8-9,12H2,1-3H3,(H,29,34)/t20?,21-,22+,27?/m1/s1. The molecule has 2 fully saturated rings. The maximum Gasteiger partial charge on any atom is 0.250 e. The van der Waals surface area contributed by atoms with Gasteiger partial charge in [0.05, 0.1) is 25.0 Å². The maximum atomic E-state index is 13.8. The van der Waals surface area contributed by atoms with E-state index >= 15 is 0 Å². The van der Waals surface area contributed by atoms with Crippen molar-refractivity contribution in [2.75, 3.05) is 25.6 Å². The first-order valence-electron chi connectivity index (χ1n) is 12.0. The number of imide groups is 1. The number of amides is 3. The molecule has 8 heteroatoms. The smallest absolute Gasteiger partial charge is 0.250 e. The summed E-state index contributed by atoms with van der Waals surface area (Å²) in [6.07, 6.45) is 2.46. The molecule has 1 aromatic heterocycles.